The number of carbonyl (C=O) groups is 1. The van der Waals surface area contributed by atoms with Crippen molar-refractivity contribution in [2.75, 3.05) is 5.32 Å². The van der Waals surface area contributed by atoms with Crippen LogP contribution in [0.15, 0.2) is 65.2 Å². The Morgan fingerprint density at radius 2 is 1.68 bits per heavy atom. The Labute approximate surface area is 224 Å². The van der Waals surface area contributed by atoms with Crippen molar-refractivity contribution in [1.29, 1.82) is 0 Å². The third kappa shape index (κ3) is 5.60. The molecule has 1 aliphatic rings. The van der Waals surface area contributed by atoms with Crippen LogP contribution in [0, 0.1) is 5.82 Å². The number of halogens is 3. The van der Waals surface area contributed by atoms with Crippen molar-refractivity contribution in [3.05, 3.63) is 99.0 Å². The molecule has 1 aliphatic carbocycles. The number of aromatic nitrogens is 2. The van der Waals surface area contributed by atoms with Gasteiger partial charge >= 0.3 is 0 Å². The summed E-state index contributed by atoms with van der Waals surface area (Å²) in [5, 5.41) is 7.68. The Balaban J connectivity index is 1.31. The highest BCUT2D eigenvalue weighted by atomic mass is 35.5. The molecule has 11 heteroatoms. The van der Waals surface area contributed by atoms with Crippen molar-refractivity contribution in [3.8, 4) is 11.5 Å². The van der Waals surface area contributed by atoms with E-state index >= 15 is 0 Å². The fourth-order valence-electron chi connectivity index (χ4n) is 4.22. The number of benzene rings is 3. The minimum Gasteiger partial charge on any atom is -0.772 e. The molecule has 0 saturated heterocycles. The number of rotatable bonds is 8. The second kappa shape index (κ2) is 10.3. The maximum absolute atomic E-state index is 13.2. The zero-order valence-electron chi connectivity index (χ0n) is 19.2. The Bertz CT molecular complexity index is 1470. The summed E-state index contributed by atoms with van der Waals surface area (Å²) in [7, 11) is 0. The van der Waals surface area contributed by atoms with E-state index in [9.17, 15) is 17.9 Å². The molecule has 1 amide bonds. The van der Waals surface area contributed by atoms with E-state index in [1.54, 1.807) is 48.5 Å². The first-order chi connectivity index (χ1) is 17.7. The summed E-state index contributed by atoms with van der Waals surface area (Å²) >= 11 is 11.1. The summed E-state index contributed by atoms with van der Waals surface area (Å²) in [6.07, 6.45) is 1.53. The Hall–Kier alpha value is -3.11. The first-order valence-corrected chi connectivity index (χ1v) is 13.3. The van der Waals surface area contributed by atoms with Crippen molar-refractivity contribution in [2.24, 2.45) is 0 Å². The fourth-order valence-corrected chi connectivity index (χ4v) is 5.53. The molecular formula is C26H19Cl2FN3O4S-. The molecule has 190 valence electrons. The molecule has 37 heavy (non-hydrogen) atoms. The number of nitrogens with zero attached hydrogens (tertiary/aromatic N) is 2. The second-order valence-electron chi connectivity index (χ2n) is 8.82. The number of nitrogens with one attached hydrogen (secondary N) is 1. The predicted octanol–water partition coefficient (Wildman–Crippen LogP) is 5.82. The molecule has 0 radical (unpaired) electrons. The molecule has 1 N–H and O–H groups in total. The topological polar surface area (TPSA) is 108 Å². The van der Waals surface area contributed by atoms with Crippen molar-refractivity contribution in [1.82, 2.24) is 10.1 Å². The number of hydrogen-bond acceptors (Lipinski definition) is 6. The third-order valence-electron chi connectivity index (χ3n) is 6.17. The Morgan fingerprint density at radius 3 is 2.27 bits per heavy atom. The average molecular weight is 559 g/mol. The van der Waals surface area contributed by atoms with Gasteiger partial charge in [0.05, 0.1) is 11.8 Å². The number of carbonyl (C=O) groups excluding carboxylic acids is 1. The normalized spacial score (nSPS) is 14.8. The number of anilines is 1. The van der Waals surface area contributed by atoms with Crippen molar-refractivity contribution >= 4 is 45.9 Å². The molecular weight excluding hydrogens is 540 g/mol. The first-order valence-electron chi connectivity index (χ1n) is 11.3. The lowest BCUT2D eigenvalue weighted by atomic mass is 9.94. The molecule has 0 bridgehead atoms. The van der Waals surface area contributed by atoms with Gasteiger partial charge in [-0.1, -0.05) is 63.7 Å². The van der Waals surface area contributed by atoms with E-state index in [1.165, 1.54) is 12.1 Å². The minimum absolute atomic E-state index is 0.0747. The van der Waals surface area contributed by atoms with Crippen molar-refractivity contribution in [2.45, 2.75) is 30.4 Å². The molecule has 1 saturated carbocycles. The molecule has 1 fully saturated rings. The van der Waals surface area contributed by atoms with Gasteiger partial charge in [-0.2, -0.15) is 4.98 Å². The predicted molar refractivity (Wildman–Crippen MR) is 138 cm³/mol. The van der Waals surface area contributed by atoms with Gasteiger partial charge < -0.3 is 14.4 Å². The van der Waals surface area contributed by atoms with Gasteiger partial charge in [0, 0.05) is 32.6 Å². The van der Waals surface area contributed by atoms with E-state index in [4.69, 9.17) is 27.7 Å². The van der Waals surface area contributed by atoms with Crippen molar-refractivity contribution < 1.29 is 22.5 Å². The summed E-state index contributed by atoms with van der Waals surface area (Å²) in [5.41, 5.74) is 2.48. The smallest absolute Gasteiger partial charge is 0.257 e. The highest BCUT2D eigenvalue weighted by Gasteiger charge is 2.52. The van der Waals surface area contributed by atoms with Gasteiger partial charge in [-0.3, -0.25) is 9.00 Å². The Morgan fingerprint density at radius 1 is 1.05 bits per heavy atom. The van der Waals surface area contributed by atoms with Gasteiger partial charge in [0.25, 0.3) is 5.89 Å². The van der Waals surface area contributed by atoms with Crippen LogP contribution in [-0.4, -0.2) is 24.8 Å². The van der Waals surface area contributed by atoms with E-state index in [1.807, 2.05) is 0 Å². The van der Waals surface area contributed by atoms with Crippen LogP contribution < -0.4 is 5.32 Å². The molecule has 7 nitrogen and oxygen atoms in total. The molecule has 1 unspecified atom stereocenters. The summed E-state index contributed by atoms with van der Waals surface area (Å²) < 4.78 is 40.3. The van der Waals surface area contributed by atoms with E-state index < -0.39 is 16.5 Å². The van der Waals surface area contributed by atoms with Crippen LogP contribution in [-0.2, 0) is 33.5 Å². The van der Waals surface area contributed by atoms with Gasteiger partial charge in [0.15, 0.2) is 5.82 Å². The molecule has 0 spiro atoms. The molecule has 3 aromatic carbocycles. The van der Waals surface area contributed by atoms with E-state index in [0.717, 1.165) is 18.4 Å². The molecule has 1 heterocycles. The SMILES string of the molecule is O=C(Cc1ccc(CS(=O)[O-])cc1)Nc1cc(Cl)c(C2(c3noc(-c4ccc(F)cc4)n3)CC2)c(Cl)c1. The van der Waals surface area contributed by atoms with Crippen LogP contribution in [0.3, 0.4) is 0 Å². The van der Waals surface area contributed by atoms with E-state index in [0.29, 0.717) is 38.2 Å². The standard InChI is InChI=1S/C26H20Cl2FN3O4S/c27-20-12-19(30-22(33)11-15-1-3-16(4-2-15)14-37(34)35)13-21(28)23(20)26(9-10-26)25-31-24(36-32-25)17-5-7-18(29)8-6-17/h1-8,12-13H,9-11,14H2,(H,30,33)(H,34,35)/p-1. The average Bonchev–Trinajstić information content (AvgIpc) is 3.46. The van der Waals surface area contributed by atoms with Gasteiger partial charge in [0.1, 0.15) is 5.82 Å². The summed E-state index contributed by atoms with van der Waals surface area (Å²) in [4.78, 5) is 17.1. The van der Waals surface area contributed by atoms with Gasteiger partial charge in [-0.15, -0.1) is 0 Å². The Kier molecular flexibility index (Phi) is 7.13. The zero-order chi connectivity index (χ0) is 26.2. The van der Waals surface area contributed by atoms with Gasteiger partial charge in [-0.05, 0) is 60.4 Å². The van der Waals surface area contributed by atoms with Crippen molar-refractivity contribution in [3.63, 3.8) is 0 Å². The largest absolute Gasteiger partial charge is 0.772 e. The molecule has 1 aromatic heterocycles. The maximum Gasteiger partial charge on any atom is 0.257 e. The maximum atomic E-state index is 13.2. The number of hydrogen-bond donors (Lipinski definition) is 1. The third-order valence-corrected chi connectivity index (χ3v) is 7.34. The monoisotopic (exact) mass is 558 g/mol. The minimum atomic E-state index is -2.17. The molecule has 0 aliphatic heterocycles. The fraction of sp³-hybridized carbons (Fsp3) is 0.192. The quantitative estimate of drug-likeness (QED) is 0.273. The lowest BCUT2D eigenvalue weighted by molar-refractivity contribution is -0.115. The molecule has 1 atom stereocenters. The van der Waals surface area contributed by atoms with Gasteiger partial charge in [0.2, 0.25) is 5.91 Å². The summed E-state index contributed by atoms with van der Waals surface area (Å²) in [5.74, 6) is 0.00131. The highest BCUT2D eigenvalue weighted by Crippen LogP contribution is 2.57. The van der Waals surface area contributed by atoms with Crippen LogP contribution >= 0.6 is 23.2 Å². The second-order valence-corrected chi connectivity index (χ2v) is 10.5. The van der Waals surface area contributed by atoms with Gasteiger partial charge in [-0.25, -0.2) is 4.39 Å². The van der Waals surface area contributed by atoms with Crippen LogP contribution in [0.2, 0.25) is 10.0 Å². The number of amides is 1. The lowest BCUT2D eigenvalue weighted by Gasteiger charge is -2.17. The first kappa shape index (κ1) is 25.5. The molecule has 5 rings (SSSR count). The highest BCUT2D eigenvalue weighted by molar-refractivity contribution is 7.78. The van der Waals surface area contributed by atoms with E-state index in [2.05, 4.69) is 15.5 Å². The van der Waals surface area contributed by atoms with Crippen LogP contribution in [0.4, 0.5) is 10.1 Å². The molecule has 4 aromatic rings. The van der Waals surface area contributed by atoms with Crippen LogP contribution in [0.1, 0.15) is 35.4 Å². The zero-order valence-corrected chi connectivity index (χ0v) is 21.5. The lowest BCUT2D eigenvalue weighted by Crippen LogP contribution is -2.16. The summed E-state index contributed by atoms with van der Waals surface area (Å²) in [6.45, 7) is 0. The van der Waals surface area contributed by atoms with Crippen LogP contribution in [0.25, 0.3) is 11.5 Å². The van der Waals surface area contributed by atoms with E-state index in [-0.39, 0.29) is 29.8 Å². The summed E-state index contributed by atoms with van der Waals surface area (Å²) in [6, 6.07) is 15.8. The van der Waals surface area contributed by atoms with Crippen LogP contribution in [0.5, 0.6) is 0 Å².